The molecule has 40 heavy (non-hydrogen) atoms. The third-order valence-electron chi connectivity index (χ3n) is 5.07. The standard InChI is InChI=1S/C16H33NO.C9H18N2O.2C3H6O.CH5N/c1-7-8-9-15(11-13(4)5)16(18)17-14(6)10-12(2)3;1-2-4-9(7-12)5-3-6-11-8-10;2*1-3(2)4;1-2/h12-15H,7-11H2,1-6H3,(H,17,18);7-9H,2-6H2,1H3,(H2,10,11);2*1-2H3;2H2,1H3/t14-,15?;;;;/m1..../s1. The predicted octanol–water partition coefficient (Wildman–Crippen LogP) is 6.52. The highest BCUT2D eigenvalue weighted by Crippen LogP contribution is 2.19. The van der Waals surface area contributed by atoms with Crippen molar-refractivity contribution in [1.29, 1.82) is 0 Å². The zero-order valence-electron chi connectivity index (χ0n) is 28.3. The Hall–Kier alpha value is -2.09. The van der Waals surface area contributed by atoms with Crippen LogP contribution in [0, 0.1) is 23.7 Å². The molecule has 1 amide bonds. The number of hydrogen-bond acceptors (Lipinski definition) is 6. The Kier molecular flexibility index (Phi) is 44.0. The fraction of sp³-hybridized carbons (Fsp3) is 0.844. The molecule has 0 fully saturated rings. The molecule has 0 bridgehead atoms. The smallest absolute Gasteiger partial charge is 0.223 e. The second-order valence-electron chi connectivity index (χ2n) is 11.2. The SMILES string of the molecule is CC(C)=O.CC(C)=O.CCCC(C=O)CCCN=CN.CCCCC(CC(C)C)C(=O)N[C@H](C)CC(C)C.CN. The molecule has 0 saturated carbocycles. The second-order valence-corrected chi connectivity index (χ2v) is 11.2. The average Bonchev–Trinajstić information content (AvgIpc) is 2.83. The van der Waals surface area contributed by atoms with Crippen LogP contribution in [0.3, 0.4) is 0 Å². The fourth-order valence-electron chi connectivity index (χ4n) is 3.67. The number of nitrogens with two attached hydrogens (primary N) is 2. The van der Waals surface area contributed by atoms with E-state index in [1.165, 1.54) is 47.5 Å². The molecule has 0 heterocycles. The van der Waals surface area contributed by atoms with Gasteiger partial charge in [0.25, 0.3) is 0 Å². The maximum Gasteiger partial charge on any atom is 0.223 e. The molecule has 0 aromatic carbocycles. The van der Waals surface area contributed by atoms with Crippen LogP contribution in [0.2, 0.25) is 0 Å². The Morgan fingerprint density at radius 3 is 1.60 bits per heavy atom. The Balaban J connectivity index is -0.000000158. The van der Waals surface area contributed by atoms with Crippen LogP contribution >= 0.6 is 0 Å². The summed E-state index contributed by atoms with van der Waals surface area (Å²) < 4.78 is 0. The van der Waals surface area contributed by atoms with Crippen molar-refractivity contribution in [3.05, 3.63) is 0 Å². The first kappa shape index (κ1) is 47.7. The van der Waals surface area contributed by atoms with Crippen molar-refractivity contribution < 1.29 is 19.2 Å². The molecule has 5 N–H and O–H groups in total. The molecule has 0 aromatic rings. The highest BCUT2D eigenvalue weighted by molar-refractivity contribution is 5.78. The summed E-state index contributed by atoms with van der Waals surface area (Å²) in [4.78, 5) is 45.5. The number of hydrogen-bond donors (Lipinski definition) is 3. The predicted molar refractivity (Wildman–Crippen MR) is 174 cm³/mol. The lowest BCUT2D eigenvalue weighted by molar-refractivity contribution is -0.126. The number of nitrogens with one attached hydrogen (secondary N) is 1. The topological polar surface area (TPSA) is 145 Å². The molecule has 0 spiro atoms. The summed E-state index contributed by atoms with van der Waals surface area (Å²) in [6, 6.07) is 0.300. The Labute approximate surface area is 248 Å². The Morgan fingerprint density at radius 2 is 1.25 bits per heavy atom. The number of aldehydes is 1. The quantitative estimate of drug-likeness (QED) is 0.0830. The molecule has 8 nitrogen and oxygen atoms in total. The van der Waals surface area contributed by atoms with E-state index in [9.17, 15) is 19.2 Å². The number of amides is 1. The van der Waals surface area contributed by atoms with Gasteiger partial charge in [0.2, 0.25) is 5.91 Å². The van der Waals surface area contributed by atoms with Gasteiger partial charge in [0.05, 0.1) is 6.34 Å². The average molecular weight is 573 g/mol. The van der Waals surface area contributed by atoms with Crippen molar-refractivity contribution in [1.82, 2.24) is 5.32 Å². The van der Waals surface area contributed by atoms with Gasteiger partial charge in [0.15, 0.2) is 0 Å². The number of aliphatic imine (C=N–C) groups is 1. The number of Topliss-reactive ketones (excluding diaryl/α,β-unsaturated/α-hetero) is 2. The van der Waals surface area contributed by atoms with Gasteiger partial charge in [0, 0.05) is 24.4 Å². The Morgan fingerprint density at radius 1 is 0.775 bits per heavy atom. The molecule has 3 atom stereocenters. The zero-order chi connectivity index (χ0) is 32.5. The molecule has 0 radical (unpaired) electrons. The van der Waals surface area contributed by atoms with Crippen molar-refractivity contribution in [2.75, 3.05) is 13.6 Å². The summed E-state index contributed by atoms with van der Waals surface area (Å²) in [6.07, 6.45) is 11.8. The molecule has 2 unspecified atom stereocenters. The first-order valence-corrected chi connectivity index (χ1v) is 15.2. The molecule has 0 aliphatic rings. The number of nitrogens with zero attached hydrogens (tertiary/aromatic N) is 1. The minimum atomic E-state index is 0.167. The second kappa shape index (κ2) is 36.9. The number of unbranched alkanes of at least 4 members (excludes halogenated alkanes) is 1. The molecule has 0 rings (SSSR count). The fourth-order valence-corrected chi connectivity index (χ4v) is 3.67. The summed E-state index contributed by atoms with van der Waals surface area (Å²) in [6.45, 7) is 22.0. The highest BCUT2D eigenvalue weighted by Gasteiger charge is 2.20. The van der Waals surface area contributed by atoms with Crippen LogP contribution in [0.4, 0.5) is 0 Å². The van der Waals surface area contributed by atoms with Crippen LogP contribution in [0.5, 0.6) is 0 Å². The van der Waals surface area contributed by atoms with Gasteiger partial charge in [-0.1, -0.05) is 60.8 Å². The van der Waals surface area contributed by atoms with Crippen LogP contribution in [0.15, 0.2) is 4.99 Å². The van der Waals surface area contributed by atoms with Crippen molar-refractivity contribution in [2.24, 2.45) is 40.1 Å². The number of rotatable bonds is 16. The third kappa shape index (κ3) is 52.4. The van der Waals surface area contributed by atoms with Crippen LogP contribution in [0.1, 0.15) is 134 Å². The maximum atomic E-state index is 12.3. The molecular formula is C32H68N4O4. The molecule has 240 valence electrons. The van der Waals surface area contributed by atoms with Gasteiger partial charge in [-0.3, -0.25) is 9.79 Å². The molecule has 0 aliphatic carbocycles. The van der Waals surface area contributed by atoms with E-state index in [0.29, 0.717) is 17.9 Å². The van der Waals surface area contributed by atoms with Crippen LogP contribution < -0.4 is 16.8 Å². The number of carbonyl (C=O) groups is 4. The van der Waals surface area contributed by atoms with Crippen LogP contribution in [0.25, 0.3) is 0 Å². The molecular weight excluding hydrogens is 504 g/mol. The third-order valence-corrected chi connectivity index (χ3v) is 5.07. The molecule has 0 aromatic heterocycles. The lowest BCUT2D eigenvalue weighted by Gasteiger charge is -2.22. The lowest BCUT2D eigenvalue weighted by Crippen LogP contribution is -2.38. The highest BCUT2D eigenvalue weighted by atomic mass is 16.2. The van der Waals surface area contributed by atoms with Crippen molar-refractivity contribution >= 4 is 30.1 Å². The van der Waals surface area contributed by atoms with E-state index in [0.717, 1.165) is 64.2 Å². The van der Waals surface area contributed by atoms with Gasteiger partial charge in [-0.05, 0) is 92.0 Å². The lowest BCUT2D eigenvalue weighted by atomic mass is 9.91. The monoisotopic (exact) mass is 573 g/mol. The van der Waals surface area contributed by atoms with Crippen molar-refractivity contribution in [2.45, 2.75) is 140 Å². The first-order chi connectivity index (χ1) is 18.7. The molecule has 0 aliphatic heterocycles. The van der Waals surface area contributed by atoms with Crippen LogP contribution in [-0.2, 0) is 19.2 Å². The maximum absolute atomic E-state index is 12.3. The zero-order valence-corrected chi connectivity index (χ0v) is 28.3. The molecule has 0 saturated heterocycles. The summed E-state index contributed by atoms with van der Waals surface area (Å²) in [7, 11) is 1.50. The normalized spacial score (nSPS) is 12.2. The molecule has 8 heteroatoms. The van der Waals surface area contributed by atoms with Gasteiger partial charge < -0.3 is 31.2 Å². The van der Waals surface area contributed by atoms with Gasteiger partial charge in [-0.25, -0.2) is 0 Å². The van der Waals surface area contributed by atoms with Crippen molar-refractivity contribution in [3.8, 4) is 0 Å². The van der Waals surface area contributed by atoms with E-state index in [1.54, 1.807) is 0 Å². The van der Waals surface area contributed by atoms with E-state index < -0.39 is 0 Å². The van der Waals surface area contributed by atoms with E-state index in [-0.39, 0.29) is 29.3 Å². The van der Waals surface area contributed by atoms with Gasteiger partial charge in [-0.15, -0.1) is 0 Å². The number of ketones is 2. The van der Waals surface area contributed by atoms with Gasteiger partial charge in [0.1, 0.15) is 17.9 Å². The summed E-state index contributed by atoms with van der Waals surface area (Å²) >= 11 is 0. The summed E-state index contributed by atoms with van der Waals surface area (Å²) in [5, 5.41) is 3.19. The summed E-state index contributed by atoms with van der Waals surface area (Å²) in [5.74, 6) is 2.27. The first-order valence-electron chi connectivity index (χ1n) is 15.2. The summed E-state index contributed by atoms with van der Waals surface area (Å²) in [5.41, 5.74) is 9.58. The van der Waals surface area contributed by atoms with Gasteiger partial charge in [-0.2, -0.15) is 0 Å². The van der Waals surface area contributed by atoms with Crippen LogP contribution in [-0.4, -0.2) is 49.7 Å². The van der Waals surface area contributed by atoms with E-state index >= 15 is 0 Å². The van der Waals surface area contributed by atoms with E-state index in [4.69, 9.17) is 5.73 Å². The van der Waals surface area contributed by atoms with E-state index in [2.05, 4.69) is 64.5 Å². The van der Waals surface area contributed by atoms with Crippen molar-refractivity contribution in [3.63, 3.8) is 0 Å². The minimum Gasteiger partial charge on any atom is -0.390 e. The minimum absolute atomic E-state index is 0.167. The largest absolute Gasteiger partial charge is 0.390 e. The number of carbonyl (C=O) groups excluding carboxylic acids is 4. The van der Waals surface area contributed by atoms with E-state index in [1.807, 2.05) is 0 Å². The Bertz CT molecular complexity index is 588. The van der Waals surface area contributed by atoms with Gasteiger partial charge >= 0.3 is 0 Å².